The molecule has 2 N–H and O–H groups in total. The Morgan fingerprint density at radius 1 is 1.16 bits per heavy atom. The molecule has 0 aromatic carbocycles. The second-order valence-corrected chi connectivity index (χ2v) is 6.69. The maximum absolute atomic E-state index is 12.3. The van der Waals surface area contributed by atoms with Gasteiger partial charge in [0.1, 0.15) is 28.7 Å². The van der Waals surface area contributed by atoms with Crippen molar-refractivity contribution in [3.05, 3.63) is 77.0 Å². The minimum absolute atomic E-state index is 0.0430. The number of alkyl halides is 1. The molecule has 0 radical (unpaired) electrons. The van der Waals surface area contributed by atoms with E-state index >= 15 is 0 Å². The highest BCUT2D eigenvalue weighted by Crippen LogP contribution is 2.25. The fourth-order valence-corrected chi connectivity index (χ4v) is 2.82. The predicted octanol–water partition coefficient (Wildman–Crippen LogP) is 2.74. The van der Waals surface area contributed by atoms with Crippen LogP contribution in [0, 0.1) is 0 Å². The summed E-state index contributed by atoms with van der Waals surface area (Å²) in [6.45, 7) is 0. The number of aromatic amines is 1. The molecule has 0 saturated heterocycles. The van der Waals surface area contributed by atoms with Crippen LogP contribution in [0.1, 0.15) is 16.2 Å². The summed E-state index contributed by atoms with van der Waals surface area (Å²) in [6.07, 6.45) is 7.84. The van der Waals surface area contributed by atoms with Crippen LogP contribution >= 0.6 is 11.6 Å². The third-order valence-electron chi connectivity index (χ3n) is 4.17. The molecule has 0 aliphatic rings. The third kappa shape index (κ3) is 4.75. The summed E-state index contributed by atoms with van der Waals surface area (Å²) in [7, 11) is 1.83. The molecule has 0 aliphatic heterocycles. The van der Waals surface area contributed by atoms with Gasteiger partial charge in [-0.1, -0.05) is 0 Å². The minimum atomic E-state index is -0.633. The van der Waals surface area contributed by atoms with Crippen LogP contribution in [0.15, 0.2) is 60.0 Å². The van der Waals surface area contributed by atoms with E-state index in [-0.39, 0.29) is 23.1 Å². The van der Waals surface area contributed by atoms with Crippen molar-refractivity contribution in [2.75, 3.05) is 5.32 Å². The van der Waals surface area contributed by atoms with Gasteiger partial charge in [0.25, 0.3) is 11.5 Å². The van der Waals surface area contributed by atoms with Crippen LogP contribution in [0.25, 0.3) is 11.3 Å². The second kappa shape index (κ2) is 8.76. The predicted molar refractivity (Wildman–Crippen MR) is 113 cm³/mol. The second-order valence-electron chi connectivity index (χ2n) is 6.42. The van der Waals surface area contributed by atoms with Gasteiger partial charge in [0, 0.05) is 37.3 Å². The standard InChI is InChI=1S/C20H16ClN7O3/c1-28-11-12(8-25-28)16-6-13(4-5-22-16)31-14-2-3-17(23-9-14)26-19(29)15-10-24-18(7-21)27-20(15)30/h2-6,8-11H,7H2,1H3,(H,23,26,29)(H,24,27,30). The Bertz CT molecular complexity index is 1280. The molecule has 0 saturated carbocycles. The minimum Gasteiger partial charge on any atom is -0.456 e. The van der Waals surface area contributed by atoms with Crippen LogP contribution in [0.2, 0.25) is 0 Å². The van der Waals surface area contributed by atoms with Gasteiger partial charge in [-0.15, -0.1) is 11.6 Å². The Labute approximate surface area is 180 Å². The molecule has 1 amide bonds. The molecule has 4 aromatic heterocycles. The molecule has 0 aliphatic carbocycles. The maximum atomic E-state index is 12.3. The molecule has 156 valence electrons. The largest absolute Gasteiger partial charge is 0.456 e. The van der Waals surface area contributed by atoms with E-state index in [1.807, 2.05) is 13.2 Å². The lowest BCUT2D eigenvalue weighted by Gasteiger charge is -2.08. The fraction of sp³-hybridized carbons (Fsp3) is 0.100. The number of carbonyl (C=O) groups excluding carboxylic acids is 1. The molecule has 0 atom stereocenters. The fourth-order valence-electron chi connectivity index (χ4n) is 2.68. The summed E-state index contributed by atoms with van der Waals surface area (Å²) in [5.41, 5.74) is 0.870. The van der Waals surface area contributed by atoms with Gasteiger partial charge in [-0.3, -0.25) is 19.3 Å². The highest BCUT2D eigenvalue weighted by atomic mass is 35.5. The SMILES string of the molecule is Cn1cc(-c2cc(Oc3ccc(NC(=O)c4cnc(CCl)[nH]c4=O)nc3)ccn2)cn1. The molecule has 11 heteroatoms. The lowest BCUT2D eigenvalue weighted by atomic mass is 10.2. The first-order valence-electron chi connectivity index (χ1n) is 9.06. The van der Waals surface area contributed by atoms with Crippen molar-refractivity contribution in [1.82, 2.24) is 29.7 Å². The van der Waals surface area contributed by atoms with Crippen molar-refractivity contribution in [1.29, 1.82) is 0 Å². The number of carbonyl (C=O) groups is 1. The summed E-state index contributed by atoms with van der Waals surface area (Å²) in [4.78, 5) is 39.1. The molecule has 4 aromatic rings. The molecule has 0 spiro atoms. The Kier molecular flexibility index (Phi) is 5.72. The number of hydrogen-bond acceptors (Lipinski definition) is 7. The van der Waals surface area contributed by atoms with Crippen molar-refractivity contribution in [2.24, 2.45) is 7.05 Å². The van der Waals surface area contributed by atoms with Crippen LogP contribution < -0.4 is 15.6 Å². The molecule has 4 heterocycles. The van der Waals surface area contributed by atoms with Gasteiger partial charge in [0.2, 0.25) is 0 Å². The summed E-state index contributed by atoms with van der Waals surface area (Å²) in [5.74, 6) is 0.985. The van der Waals surface area contributed by atoms with Gasteiger partial charge in [-0.2, -0.15) is 5.10 Å². The van der Waals surface area contributed by atoms with E-state index < -0.39 is 11.5 Å². The van der Waals surface area contributed by atoms with E-state index in [9.17, 15) is 9.59 Å². The van der Waals surface area contributed by atoms with E-state index in [4.69, 9.17) is 16.3 Å². The van der Waals surface area contributed by atoms with Gasteiger partial charge >= 0.3 is 0 Å². The number of halogens is 1. The summed E-state index contributed by atoms with van der Waals surface area (Å²) in [6, 6.07) is 6.72. The molecule has 0 unspecified atom stereocenters. The number of pyridine rings is 2. The number of amides is 1. The first-order chi connectivity index (χ1) is 15.0. The van der Waals surface area contributed by atoms with Gasteiger partial charge in [-0.25, -0.2) is 9.97 Å². The maximum Gasteiger partial charge on any atom is 0.264 e. The Morgan fingerprint density at radius 3 is 2.71 bits per heavy atom. The lowest BCUT2D eigenvalue weighted by Crippen LogP contribution is -2.24. The van der Waals surface area contributed by atoms with E-state index in [1.54, 1.807) is 41.3 Å². The zero-order chi connectivity index (χ0) is 21.8. The number of ether oxygens (including phenoxy) is 1. The van der Waals surface area contributed by atoms with Crippen molar-refractivity contribution < 1.29 is 9.53 Å². The van der Waals surface area contributed by atoms with Crippen LogP contribution in [0.5, 0.6) is 11.5 Å². The molecule has 10 nitrogen and oxygen atoms in total. The molecule has 0 fully saturated rings. The monoisotopic (exact) mass is 437 g/mol. The number of hydrogen-bond donors (Lipinski definition) is 2. The van der Waals surface area contributed by atoms with Gasteiger partial charge in [0.05, 0.1) is 24.0 Å². The topological polar surface area (TPSA) is 128 Å². The summed E-state index contributed by atoms with van der Waals surface area (Å²) < 4.78 is 7.51. The number of aromatic nitrogens is 6. The highest BCUT2D eigenvalue weighted by molar-refractivity contribution is 6.16. The zero-order valence-electron chi connectivity index (χ0n) is 16.2. The summed E-state index contributed by atoms with van der Waals surface area (Å²) >= 11 is 5.61. The first-order valence-corrected chi connectivity index (χ1v) is 9.60. The van der Waals surface area contributed by atoms with Crippen LogP contribution in [0.4, 0.5) is 5.82 Å². The number of nitrogens with zero attached hydrogens (tertiary/aromatic N) is 5. The van der Waals surface area contributed by atoms with Crippen LogP contribution in [-0.2, 0) is 12.9 Å². The first kappa shape index (κ1) is 20.2. The van der Waals surface area contributed by atoms with Crippen molar-refractivity contribution in [2.45, 2.75) is 5.88 Å². The Balaban J connectivity index is 1.44. The van der Waals surface area contributed by atoms with E-state index in [0.29, 0.717) is 11.5 Å². The van der Waals surface area contributed by atoms with Gasteiger partial charge < -0.3 is 15.0 Å². The normalized spacial score (nSPS) is 10.6. The van der Waals surface area contributed by atoms with Crippen LogP contribution in [0.3, 0.4) is 0 Å². The molecule has 4 rings (SSSR count). The molecule has 31 heavy (non-hydrogen) atoms. The third-order valence-corrected chi connectivity index (χ3v) is 4.42. The number of H-pyrrole nitrogens is 1. The van der Waals surface area contributed by atoms with Crippen molar-refractivity contribution in [3.8, 4) is 22.8 Å². The van der Waals surface area contributed by atoms with E-state index in [0.717, 1.165) is 11.3 Å². The van der Waals surface area contributed by atoms with Crippen molar-refractivity contribution >= 4 is 23.3 Å². The van der Waals surface area contributed by atoms with Crippen molar-refractivity contribution in [3.63, 3.8) is 0 Å². The molecular formula is C20H16ClN7O3. The number of anilines is 1. The smallest absolute Gasteiger partial charge is 0.264 e. The van der Waals surface area contributed by atoms with Crippen LogP contribution in [-0.4, -0.2) is 35.6 Å². The number of rotatable bonds is 6. The Hall–Kier alpha value is -4.05. The Morgan fingerprint density at radius 2 is 2.03 bits per heavy atom. The zero-order valence-corrected chi connectivity index (χ0v) is 17.0. The highest BCUT2D eigenvalue weighted by Gasteiger charge is 2.13. The quantitative estimate of drug-likeness (QED) is 0.444. The number of aryl methyl sites for hydroxylation is 1. The van der Waals surface area contributed by atoms with Gasteiger partial charge in [-0.05, 0) is 18.2 Å². The average Bonchev–Trinajstić information content (AvgIpc) is 3.21. The summed E-state index contributed by atoms with van der Waals surface area (Å²) in [5, 5.41) is 6.68. The molecular weight excluding hydrogens is 422 g/mol. The number of nitrogens with one attached hydrogen (secondary N) is 2. The van der Waals surface area contributed by atoms with Gasteiger partial charge in [0.15, 0.2) is 0 Å². The molecule has 0 bridgehead atoms. The van der Waals surface area contributed by atoms with E-state index in [1.165, 1.54) is 12.4 Å². The van der Waals surface area contributed by atoms with E-state index in [2.05, 4.69) is 30.4 Å². The average molecular weight is 438 g/mol. The lowest BCUT2D eigenvalue weighted by molar-refractivity contribution is 0.102.